The fourth-order valence-corrected chi connectivity index (χ4v) is 7.35. The van der Waals surface area contributed by atoms with Crippen LogP contribution in [0.15, 0.2) is 12.2 Å². The number of carbonyl (C=O) groups excluding carboxylic acids is 2. The van der Waals surface area contributed by atoms with Crippen molar-refractivity contribution >= 4 is 11.8 Å². The molecule has 8 atom stereocenters. The molecule has 0 amide bonds. The van der Waals surface area contributed by atoms with E-state index in [1.165, 1.54) is 0 Å². The number of aliphatic hydroxyl groups is 2. The molecule has 0 aromatic rings. The van der Waals surface area contributed by atoms with Gasteiger partial charge in [-0.3, -0.25) is 9.59 Å². The van der Waals surface area contributed by atoms with Crippen LogP contribution in [0.3, 0.4) is 0 Å². The molecular formula is C20H26O6. The first-order chi connectivity index (χ1) is 12.2. The summed E-state index contributed by atoms with van der Waals surface area (Å²) in [4.78, 5) is 26.3. The summed E-state index contributed by atoms with van der Waals surface area (Å²) < 4.78 is 11.6. The van der Waals surface area contributed by atoms with E-state index in [0.29, 0.717) is 24.8 Å². The van der Waals surface area contributed by atoms with E-state index in [4.69, 9.17) is 9.47 Å². The first-order valence-electron chi connectivity index (χ1n) is 9.58. The maximum absolute atomic E-state index is 13.2. The van der Waals surface area contributed by atoms with Gasteiger partial charge < -0.3 is 19.7 Å². The summed E-state index contributed by atoms with van der Waals surface area (Å²) in [7, 11) is 0. The molecule has 3 aliphatic carbocycles. The van der Waals surface area contributed by atoms with Gasteiger partial charge in [-0.25, -0.2) is 0 Å². The molecule has 6 nitrogen and oxygen atoms in total. The van der Waals surface area contributed by atoms with E-state index in [2.05, 4.69) is 20.4 Å². The van der Waals surface area contributed by atoms with E-state index in [-0.39, 0.29) is 29.6 Å². The van der Waals surface area contributed by atoms with Crippen LogP contribution in [0.25, 0.3) is 0 Å². The highest BCUT2D eigenvalue weighted by atomic mass is 16.6. The molecule has 5 fully saturated rings. The Balaban J connectivity index is 1.75. The zero-order chi connectivity index (χ0) is 18.6. The molecule has 142 valence electrons. The van der Waals surface area contributed by atoms with Gasteiger partial charge >= 0.3 is 5.97 Å². The van der Waals surface area contributed by atoms with Gasteiger partial charge in [-0.1, -0.05) is 20.4 Å². The molecule has 5 aliphatic rings. The number of fused-ring (bicyclic) bond motifs is 1. The normalized spacial score (nSPS) is 54.4. The number of esters is 1. The van der Waals surface area contributed by atoms with Gasteiger partial charge in [-0.15, -0.1) is 0 Å². The van der Waals surface area contributed by atoms with Gasteiger partial charge in [0.15, 0.2) is 12.1 Å². The number of ketones is 1. The third-order valence-electron chi connectivity index (χ3n) is 8.25. The summed E-state index contributed by atoms with van der Waals surface area (Å²) in [5.74, 6) is -1.84. The van der Waals surface area contributed by atoms with E-state index in [1.54, 1.807) is 0 Å². The smallest absolute Gasteiger partial charge is 0.320 e. The van der Waals surface area contributed by atoms with Crippen LogP contribution in [0.4, 0.5) is 0 Å². The number of allylic oxidation sites excluding steroid dienone is 1. The van der Waals surface area contributed by atoms with Crippen LogP contribution in [-0.4, -0.2) is 47.1 Å². The second kappa shape index (κ2) is 4.78. The molecule has 26 heavy (non-hydrogen) atoms. The van der Waals surface area contributed by atoms with Crippen molar-refractivity contribution in [3.63, 3.8) is 0 Å². The lowest BCUT2D eigenvalue weighted by Crippen LogP contribution is -2.70. The third-order valence-corrected chi connectivity index (χ3v) is 8.25. The Labute approximate surface area is 152 Å². The molecular weight excluding hydrogens is 336 g/mol. The average Bonchev–Trinajstić information content (AvgIpc) is 3.01. The fourth-order valence-electron chi connectivity index (χ4n) is 7.35. The van der Waals surface area contributed by atoms with Gasteiger partial charge in [-0.05, 0) is 42.6 Å². The topological polar surface area (TPSA) is 93.1 Å². The third kappa shape index (κ3) is 1.61. The lowest BCUT2D eigenvalue weighted by molar-refractivity contribution is -0.251. The number of hydrogen-bond donors (Lipinski definition) is 2. The molecule has 3 saturated carbocycles. The van der Waals surface area contributed by atoms with E-state index in [1.807, 2.05) is 0 Å². The largest absolute Gasteiger partial charge is 0.461 e. The summed E-state index contributed by atoms with van der Waals surface area (Å²) in [6.07, 6.45) is 0.0166. The summed E-state index contributed by atoms with van der Waals surface area (Å²) >= 11 is 0. The number of Topliss-reactive ketones (excluding diaryl/α,β-unsaturated/α-hetero) is 1. The van der Waals surface area contributed by atoms with E-state index >= 15 is 0 Å². The number of ether oxygens (including phenoxy) is 2. The predicted molar refractivity (Wildman–Crippen MR) is 89.6 cm³/mol. The average molecular weight is 362 g/mol. The zero-order valence-corrected chi connectivity index (χ0v) is 15.2. The standard InChI is InChI=1S/C20H26O6/c1-9-10-6-11(21)13-19(7-10,15(9)22)17(24)26-12-4-5-18(2,3)14-16(23)25-8-20(12,13)14/h10-14,16,21,23H,1,4-8H2,2-3H3/t10-,11-,12-,13-,14-,16-,19+,20+/m1/s1. The van der Waals surface area contributed by atoms with Crippen molar-refractivity contribution < 1.29 is 29.3 Å². The van der Waals surface area contributed by atoms with E-state index in [9.17, 15) is 19.8 Å². The SMILES string of the molecule is C=C1C(=O)[C@]23C[C@H]1C[C@@H](O)[C@H]2[C@@]12CO[C@@H](O)[C@@H]1C(C)(C)CC[C@H]2OC3=O. The zero-order valence-electron chi connectivity index (χ0n) is 15.2. The van der Waals surface area contributed by atoms with Crippen molar-refractivity contribution in [2.45, 2.75) is 58.0 Å². The van der Waals surface area contributed by atoms with Crippen LogP contribution in [-0.2, 0) is 19.1 Å². The van der Waals surface area contributed by atoms with Gasteiger partial charge in [0.25, 0.3) is 0 Å². The van der Waals surface area contributed by atoms with Crippen molar-refractivity contribution in [2.24, 2.45) is 34.0 Å². The summed E-state index contributed by atoms with van der Waals surface area (Å²) in [6.45, 7) is 8.29. The number of rotatable bonds is 0. The van der Waals surface area contributed by atoms with Crippen LogP contribution in [0, 0.1) is 34.0 Å². The Morgan fingerprint density at radius 1 is 1.19 bits per heavy atom. The predicted octanol–water partition coefficient (Wildman–Crippen LogP) is 1.20. The van der Waals surface area contributed by atoms with Crippen LogP contribution in [0.1, 0.15) is 39.5 Å². The highest BCUT2D eigenvalue weighted by molar-refractivity contribution is 6.15. The van der Waals surface area contributed by atoms with Crippen molar-refractivity contribution in [3.8, 4) is 0 Å². The molecule has 2 heterocycles. The lowest BCUT2D eigenvalue weighted by atomic mass is 9.43. The van der Waals surface area contributed by atoms with Gasteiger partial charge in [0.1, 0.15) is 11.5 Å². The maximum Gasteiger partial charge on any atom is 0.320 e. The second-order valence-electron chi connectivity index (χ2n) is 9.72. The van der Waals surface area contributed by atoms with Crippen LogP contribution in [0.5, 0.6) is 0 Å². The fraction of sp³-hybridized carbons (Fsp3) is 0.800. The van der Waals surface area contributed by atoms with Crippen LogP contribution >= 0.6 is 0 Å². The molecule has 2 saturated heterocycles. The Hall–Kier alpha value is -1.24. The first kappa shape index (κ1) is 16.9. The monoisotopic (exact) mass is 362 g/mol. The molecule has 0 aromatic heterocycles. The van der Waals surface area contributed by atoms with Gasteiger partial charge in [0.2, 0.25) is 0 Å². The van der Waals surface area contributed by atoms with Gasteiger partial charge in [-0.2, -0.15) is 0 Å². The second-order valence-corrected chi connectivity index (χ2v) is 9.72. The first-order valence-corrected chi connectivity index (χ1v) is 9.58. The Morgan fingerprint density at radius 2 is 1.92 bits per heavy atom. The molecule has 2 N–H and O–H groups in total. The molecule has 2 spiro atoms. The molecule has 2 bridgehead atoms. The quantitative estimate of drug-likeness (QED) is 0.382. The van der Waals surface area contributed by atoms with E-state index < -0.39 is 41.2 Å². The molecule has 0 aromatic carbocycles. The number of carbonyl (C=O) groups is 2. The van der Waals surface area contributed by atoms with Crippen molar-refractivity contribution in [1.82, 2.24) is 0 Å². The minimum absolute atomic E-state index is 0.170. The summed E-state index contributed by atoms with van der Waals surface area (Å²) in [6, 6.07) is 0. The molecule has 0 unspecified atom stereocenters. The molecule has 0 radical (unpaired) electrons. The summed E-state index contributed by atoms with van der Waals surface area (Å²) in [5.41, 5.74) is -1.91. The highest BCUT2D eigenvalue weighted by Crippen LogP contribution is 2.71. The van der Waals surface area contributed by atoms with Crippen molar-refractivity contribution in [1.29, 1.82) is 0 Å². The Bertz CT molecular complexity index is 728. The van der Waals surface area contributed by atoms with Crippen LogP contribution in [0.2, 0.25) is 0 Å². The Kier molecular flexibility index (Phi) is 3.10. The van der Waals surface area contributed by atoms with Gasteiger partial charge in [0, 0.05) is 17.3 Å². The summed E-state index contributed by atoms with van der Waals surface area (Å²) in [5, 5.41) is 21.8. The van der Waals surface area contributed by atoms with Gasteiger partial charge in [0.05, 0.1) is 12.7 Å². The lowest BCUT2D eigenvalue weighted by Gasteiger charge is -2.62. The molecule has 2 aliphatic heterocycles. The maximum atomic E-state index is 13.2. The molecule has 6 heteroatoms. The highest BCUT2D eigenvalue weighted by Gasteiger charge is 2.79. The van der Waals surface area contributed by atoms with Crippen molar-refractivity contribution in [2.75, 3.05) is 6.61 Å². The minimum Gasteiger partial charge on any atom is -0.461 e. The molecule has 5 rings (SSSR count). The van der Waals surface area contributed by atoms with Crippen LogP contribution < -0.4 is 0 Å². The minimum atomic E-state index is -1.37. The van der Waals surface area contributed by atoms with E-state index in [0.717, 1.165) is 6.42 Å². The number of hydrogen-bond acceptors (Lipinski definition) is 6. The van der Waals surface area contributed by atoms with Crippen molar-refractivity contribution in [3.05, 3.63) is 12.2 Å². The number of aliphatic hydroxyl groups excluding tert-OH is 2. The Morgan fingerprint density at radius 3 is 2.65 bits per heavy atom.